The van der Waals surface area contributed by atoms with E-state index in [1.807, 2.05) is 24.5 Å². The van der Waals surface area contributed by atoms with Crippen LogP contribution in [0.1, 0.15) is 30.8 Å². The topological polar surface area (TPSA) is 119 Å². The lowest BCUT2D eigenvalue weighted by Crippen LogP contribution is -2.30. The Kier molecular flexibility index (Phi) is 7.24. The molecular formula is C22H28N6O3S. The third-order valence-corrected chi connectivity index (χ3v) is 7.31. The Morgan fingerprint density at radius 3 is 2.41 bits per heavy atom. The number of benzene rings is 1. The number of rotatable bonds is 9. The molecule has 2 aromatic heterocycles. The number of sulfone groups is 1. The van der Waals surface area contributed by atoms with Crippen molar-refractivity contribution in [1.29, 1.82) is 0 Å². The van der Waals surface area contributed by atoms with Crippen molar-refractivity contribution in [3.63, 3.8) is 0 Å². The molecule has 3 rings (SSSR count). The molecule has 2 N–H and O–H groups in total. The van der Waals surface area contributed by atoms with Crippen LogP contribution in [0.4, 0.5) is 5.82 Å². The van der Waals surface area contributed by atoms with Gasteiger partial charge in [-0.1, -0.05) is 12.1 Å². The highest BCUT2D eigenvalue weighted by atomic mass is 32.2. The first kappa shape index (κ1) is 23.4. The third-order valence-electron chi connectivity index (χ3n) is 5.14. The van der Waals surface area contributed by atoms with Gasteiger partial charge in [0.05, 0.1) is 22.3 Å². The molecule has 0 bridgehead atoms. The van der Waals surface area contributed by atoms with E-state index in [-0.39, 0.29) is 17.2 Å². The minimum atomic E-state index is -3.31. The molecule has 32 heavy (non-hydrogen) atoms. The predicted octanol–water partition coefficient (Wildman–Crippen LogP) is 2.23. The third kappa shape index (κ3) is 5.50. The standard InChI is InChI=1S/C22H28N6O3S/c1-15(2)32(30,31)19-7-5-18(6-8-19)11-22(29)24-10-9-23-20-12-21(26-13-25-20)28-14-27-16(3)17(28)4/h5-8,12-15H,9-11H2,1-4H3,(H,24,29)(H,23,25,26). The number of nitrogens with one attached hydrogen (secondary N) is 2. The number of amides is 1. The summed E-state index contributed by atoms with van der Waals surface area (Å²) < 4.78 is 26.2. The largest absolute Gasteiger partial charge is 0.368 e. The van der Waals surface area contributed by atoms with Gasteiger partial charge in [0.1, 0.15) is 24.3 Å². The number of hydrogen-bond acceptors (Lipinski definition) is 7. The maximum Gasteiger partial charge on any atom is 0.224 e. The lowest BCUT2D eigenvalue weighted by molar-refractivity contribution is -0.120. The van der Waals surface area contributed by atoms with Gasteiger partial charge in [-0.3, -0.25) is 9.36 Å². The number of carbonyl (C=O) groups excluding carboxylic acids is 1. The second kappa shape index (κ2) is 9.90. The number of imidazole rings is 1. The Bertz CT molecular complexity index is 1190. The molecule has 0 saturated carbocycles. The Balaban J connectivity index is 1.48. The van der Waals surface area contributed by atoms with E-state index in [9.17, 15) is 13.2 Å². The van der Waals surface area contributed by atoms with Gasteiger partial charge in [-0.2, -0.15) is 0 Å². The van der Waals surface area contributed by atoms with Crippen molar-refractivity contribution in [2.24, 2.45) is 0 Å². The van der Waals surface area contributed by atoms with Crippen molar-refractivity contribution >= 4 is 21.6 Å². The molecule has 10 heteroatoms. The fraction of sp³-hybridized carbons (Fsp3) is 0.364. The van der Waals surface area contributed by atoms with Crippen LogP contribution in [-0.2, 0) is 21.1 Å². The number of aromatic nitrogens is 4. The molecule has 0 aliphatic carbocycles. The summed E-state index contributed by atoms with van der Waals surface area (Å²) in [5, 5.41) is 5.53. The molecule has 2 heterocycles. The summed E-state index contributed by atoms with van der Waals surface area (Å²) in [6.45, 7) is 8.12. The van der Waals surface area contributed by atoms with E-state index in [0.717, 1.165) is 17.0 Å². The number of nitrogens with zero attached hydrogens (tertiary/aromatic N) is 4. The van der Waals surface area contributed by atoms with E-state index >= 15 is 0 Å². The molecule has 0 saturated heterocycles. The smallest absolute Gasteiger partial charge is 0.224 e. The maximum absolute atomic E-state index is 12.2. The van der Waals surface area contributed by atoms with Crippen LogP contribution in [0, 0.1) is 13.8 Å². The molecule has 0 unspecified atom stereocenters. The summed E-state index contributed by atoms with van der Waals surface area (Å²) in [6, 6.07) is 8.28. The average Bonchev–Trinajstić information content (AvgIpc) is 3.10. The van der Waals surface area contributed by atoms with E-state index in [2.05, 4.69) is 25.6 Å². The van der Waals surface area contributed by atoms with E-state index in [4.69, 9.17) is 0 Å². The van der Waals surface area contributed by atoms with E-state index in [0.29, 0.717) is 24.7 Å². The van der Waals surface area contributed by atoms with Crippen LogP contribution in [0.5, 0.6) is 0 Å². The highest BCUT2D eigenvalue weighted by molar-refractivity contribution is 7.92. The van der Waals surface area contributed by atoms with Gasteiger partial charge in [-0.25, -0.2) is 23.4 Å². The van der Waals surface area contributed by atoms with Gasteiger partial charge in [-0.05, 0) is 45.4 Å². The molecule has 0 fully saturated rings. The van der Waals surface area contributed by atoms with Gasteiger partial charge in [0.15, 0.2) is 9.84 Å². The molecule has 0 aliphatic heterocycles. The Morgan fingerprint density at radius 2 is 1.78 bits per heavy atom. The second-order valence-electron chi connectivity index (χ2n) is 7.74. The summed E-state index contributed by atoms with van der Waals surface area (Å²) in [6.07, 6.45) is 3.38. The lowest BCUT2D eigenvalue weighted by atomic mass is 10.1. The number of anilines is 1. The summed E-state index contributed by atoms with van der Waals surface area (Å²) in [5.41, 5.74) is 2.71. The fourth-order valence-corrected chi connectivity index (χ4v) is 4.07. The Hall–Kier alpha value is -3.27. The van der Waals surface area contributed by atoms with Gasteiger partial charge in [0.25, 0.3) is 0 Å². The van der Waals surface area contributed by atoms with Crippen molar-refractivity contribution in [2.75, 3.05) is 18.4 Å². The summed E-state index contributed by atoms with van der Waals surface area (Å²) in [4.78, 5) is 25.2. The molecule has 170 valence electrons. The molecule has 0 aliphatic rings. The maximum atomic E-state index is 12.2. The van der Waals surface area contributed by atoms with Crippen LogP contribution in [0.2, 0.25) is 0 Å². The highest BCUT2D eigenvalue weighted by Crippen LogP contribution is 2.17. The van der Waals surface area contributed by atoms with Crippen molar-refractivity contribution in [3.05, 3.63) is 59.9 Å². The normalized spacial score (nSPS) is 11.5. The zero-order valence-corrected chi connectivity index (χ0v) is 19.5. The summed E-state index contributed by atoms with van der Waals surface area (Å²) in [7, 11) is -3.31. The zero-order chi connectivity index (χ0) is 23.3. The Labute approximate surface area is 188 Å². The summed E-state index contributed by atoms with van der Waals surface area (Å²) >= 11 is 0. The first-order valence-corrected chi connectivity index (χ1v) is 11.9. The molecule has 3 aromatic rings. The minimum Gasteiger partial charge on any atom is -0.368 e. The van der Waals surface area contributed by atoms with Crippen LogP contribution in [0.15, 0.2) is 47.9 Å². The fourth-order valence-electron chi connectivity index (χ4n) is 3.01. The monoisotopic (exact) mass is 456 g/mol. The van der Waals surface area contributed by atoms with Crippen LogP contribution >= 0.6 is 0 Å². The van der Waals surface area contributed by atoms with Gasteiger partial charge < -0.3 is 10.6 Å². The van der Waals surface area contributed by atoms with Gasteiger partial charge in [0, 0.05) is 24.8 Å². The number of hydrogen-bond donors (Lipinski definition) is 2. The Morgan fingerprint density at radius 1 is 1.06 bits per heavy atom. The van der Waals surface area contributed by atoms with Crippen LogP contribution in [-0.4, -0.2) is 52.2 Å². The first-order chi connectivity index (χ1) is 15.2. The van der Waals surface area contributed by atoms with Crippen molar-refractivity contribution in [3.8, 4) is 5.82 Å². The molecule has 9 nitrogen and oxygen atoms in total. The quantitative estimate of drug-likeness (QED) is 0.474. The SMILES string of the molecule is Cc1ncn(-c2cc(NCCNC(=O)Cc3ccc(S(=O)(=O)C(C)C)cc3)ncn2)c1C. The van der Waals surface area contributed by atoms with Gasteiger partial charge >= 0.3 is 0 Å². The number of carbonyl (C=O) groups is 1. The minimum absolute atomic E-state index is 0.140. The molecular weight excluding hydrogens is 428 g/mol. The van der Waals surface area contributed by atoms with Crippen molar-refractivity contribution in [2.45, 2.75) is 44.3 Å². The highest BCUT2D eigenvalue weighted by Gasteiger charge is 2.18. The zero-order valence-electron chi connectivity index (χ0n) is 18.7. The molecule has 0 atom stereocenters. The van der Waals surface area contributed by atoms with Crippen LogP contribution in [0.25, 0.3) is 5.82 Å². The first-order valence-electron chi connectivity index (χ1n) is 10.3. The van der Waals surface area contributed by atoms with Crippen molar-refractivity contribution < 1.29 is 13.2 Å². The molecule has 1 amide bonds. The second-order valence-corrected chi connectivity index (χ2v) is 10.2. The van der Waals surface area contributed by atoms with E-state index < -0.39 is 15.1 Å². The van der Waals surface area contributed by atoms with Gasteiger partial charge in [-0.15, -0.1) is 0 Å². The summed E-state index contributed by atoms with van der Waals surface area (Å²) in [5.74, 6) is 1.23. The van der Waals surface area contributed by atoms with Crippen LogP contribution < -0.4 is 10.6 Å². The average molecular weight is 457 g/mol. The van der Waals surface area contributed by atoms with E-state index in [1.54, 1.807) is 44.4 Å². The molecule has 1 aromatic carbocycles. The molecule has 0 radical (unpaired) electrons. The molecule has 0 spiro atoms. The van der Waals surface area contributed by atoms with Gasteiger partial charge in [0.2, 0.25) is 5.91 Å². The lowest BCUT2D eigenvalue weighted by Gasteiger charge is -2.10. The number of aryl methyl sites for hydroxylation is 1. The van der Waals surface area contributed by atoms with Crippen LogP contribution in [0.3, 0.4) is 0 Å². The van der Waals surface area contributed by atoms with E-state index in [1.165, 1.54) is 6.33 Å². The predicted molar refractivity (Wildman–Crippen MR) is 123 cm³/mol. The van der Waals surface area contributed by atoms with Crippen molar-refractivity contribution in [1.82, 2.24) is 24.8 Å².